The van der Waals surface area contributed by atoms with Crippen molar-refractivity contribution in [3.8, 4) is 5.75 Å². The first-order valence-electron chi connectivity index (χ1n) is 11.1. The van der Waals surface area contributed by atoms with Crippen LogP contribution in [-0.4, -0.2) is 34.7 Å². The number of hydrogen-bond acceptors (Lipinski definition) is 5. The summed E-state index contributed by atoms with van der Waals surface area (Å²) >= 11 is 0. The van der Waals surface area contributed by atoms with Gasteiger partial charge in [-0.2, -0.15) is 0 Å². The van der Waals surface area contributed by atoms with Crippen LogP contribution < -0.4 is 4.74 Å². The van der Waals surface area contributed by atoms with E-state index in [1.807, 2.05) is 36.1 Å². The van der Waals surface area contributed by atoms with Gasteiger partial charge in [0.05, 0.1) is 24.8 Å². The minimum Gasteiger partial charge on any atom is -0.489 e. The standard InChI is InChI=1S/C26H30N2O4/c1-18-4-6-21(7-5-18)16-30-23-10-8-22(9-11-23)17-31-25-13-20(3)28(15-25)26(29)14-24-12-19(2)27-32-24/h4-12,20,25H,13-17H2,1-3H3/t20?,25-/m1/s1. The van der Waals surface area contributed by atoms with Crippen molar-refractivity contribution in [2.24, 2.45) is 0 Å². The van der Waals surface area contributed by atoms with Gasteiger partial charge in [-0.25, -0.2) is 0 Å². The third-order valence-electron chi connectivity index (χ3n) is 5.79. The number of nitrogens with zero attached hydrogens (tertiary/aromatic N) is 2. The van der Waals surface area contributed by atoms with E-state index in [0.29, 0.717) is 25.5 Å². The number of hydrogen-bond donors (Lipinski definition) is 0. The molecule has 0 bridgehead atoms. The van der Waals surface area contributed by atoms with E-state index in [0.717, 1.165) is 29.0 Å². The molecule has 3 aromatic rings. The summed E-state index contributed by atoms with van der Waals surface area (Å²) in [4.78, 5) is 14.5. The molecule has 1 amide bonds. The summed E-state index contributed by atoms with van der Waals surface area (Å²) < 4.78 is 17.2. The van der Waals surface area contributed by atoms with Crippen LogP contribution in [0.4, 0.5) is 0 Å². The van der Waals surface area contributed by atoms with Crippen LogP contribution in [-0.2, 0) is 29.2 Å². The van der Waals surface area contributed by atoms with Crippen LogP contribution in [0.25, 0.3) is 0 Å². The molecule has 0 radical (unpaired) electrons. The Hall–Kier alpha value is -3.12. The molecule has 1 saturated heterocycles. The van der Waals surface area contributed by atoms with Crippen LogP contribution in [0.3, 0.4) is 0 Å². The van der Waals surface area contributed by atoms with Gasteiger partial charge in [0.15, 0.2) is 0 Å². The van der Waals surface area contributed by atoms with Crippen molar-refractivity contribution in [3.63, 3.8) is 0 Å². The predicted molar refractivity (Wildman–Crippen MR) is 121 cm³/mol. The van der Waals surface area contributed by atoms with E-state index < -0.39 is 0 Å². The Kier molecular flexibility index (Phi) is 6.90. The molecule has 1 aliphatic rings. The molecule has 1 fully saturated rings. The highest BCUT2D eigenvalue weighted by molar-refractivity contribution is 5.78. The number of benzene rings is 2. The number of rotatable bonds is 8. The Morgan fingerprint density at radius 3 is 2.44 bits per heavy atom. The van der Waals surface area contributed by atoms with Crippen LogP contribution in [0.1, 0.15) is 41.5 Å². The lowest BCUT2D eigenvalue weighted by Gasteiger charge is -2.20. The van der Waals surface area contributed by atoms with Gasteiger partial charge in [-0.1, -0.05) is 47.1 Å². The van der Waals surface area contributed by atoms with Crippen molar-refractivity contribution in [2.45, 2.75) is 59.0 Å². The van der Waals surface area contributed by atoms with E-state index in [1.54, 1.807) is 6.07 Å². The number of carbonyl (C=O) groups excluding carboxylic acids is 1. The minimum atomic E-state index is 0.0304. The summed E-state index contributed by atoms with van der Waals surface area (Å²) in [5.74, 6) is 1.49. The highest BCUT2D eigenvalue weighted by Crippen LogP contribution is 2.23. The van der Waals surface area contributed by atoms with E-state index in [4.69, 9.17) is 14.0 Å². The number of aryl methyl sites for hydroxylation is 2. The quantitative estimate of drug-likeness (QED) is 0.518. The second-order valence-corrected chi connectivity index (χ2v) is 8.59. The third kappa shape index (κ3) is 5.77. The van der Waals surface area contributed by atoms with Crippen LogP contribution in [0.15, 0.2) is 59.1 Å². The zero-order valence-electron chi connectivity index (χ0n) is 18.9. The number of likely N-dealkylation sites (tertiary alicyclic amines) is 1. The molecule has 6 nitrogen and oxygen atoms in total. The molecule has 2 aromatic carbocycles. The Morgan fingerprint density at radius 1 is 1.06 bits per heavy atom. The van der Waals surface area contributed by atoms with Gasteiger partial charge in [0.1, 0.15) is 18.1 Å². The lowest BCUT2D eigenvalue weighted by molar-refractivity contribution is -0.131. The molecule has 168 valence electrons. The van der Waals surface area contributed by atoms with Gasteiger partial charge >= 0.3 is 0 Å². The Morgan fingerprint density at radius 2 is 1.75 bits per heavy atom. The number of amides is 1. The maximum absolute atomic E-state index is 12.6. The fourth-order valence-corrected chi connectivity index (χ4v) is 3.95. The Bertz CT molecular complexity index is 1030. The first kappa shape index (κ1) is 22.1. The van der Waals surface area contributed by atoms with Crippen LogP contribution >= 0.6 is 0 Å². The largest absolute Gasteiger partial charge is 0.489 e. The van der Waals surface area contributed by atoms with E-state index in [9.17, 15) is 4.79 Å². The lowest BCUT2D eigenvalue weighted by atomic mass is 10.2. The van der Waals surface area contributed by atoms with E-state index in [-0.39, 0.29) is 24.5 Å². The molecule has 0 aliphatic carbocycles. The first-order valence-corrected chi connectivity index (χ1v) is 11.1. The molecule has 1 aliphatic heterocycles. The van der Waals surface area contributed by atoms with Crippen molar-refractivity contribution in [1.29, 1.82) is 0 Å². The normalized spacial score (nSPS) is 18.2. The molecule has 0 spiro atoms. The maximum Gasteiger partial charge on any atom is 0.230 e. The first-order chi connectivity index (χ1) is 15.5. The zero-order chi connectivity index (χ0) is 22.5. The Labute approximate surface area is 189 Å². The van der Waals surface area contributed by atoms with Crippen molar-refractivity contribution < 1.29 is 18.8 Å². The summed E-state index contributed by atoms with van der Waals surface area (Å²) in [6.07, 6.45) is 1.10. The molecular weight excluding hydrogens is 404 g/mol. The number of aromatic nitrogens is 1. The van der Waals surface area contributed by atoms with Gasteiger partial charge in [0.2, 0.25) is 5.91 Å². The van der Waals surface area contributed by atoms with E-state index in [2.05, 4.69) is 43.3 Å². The molecule has 0 N–H and O–H groups in total. The van der Waals surface area contributed by atoms with E-state index >= 15 is 0 Å². The fraction of sp³-hybridized carbons (Fsp3) is 0.385. The average Bonchev–Trinajstić information content (AvgIpc) is 3.37. The van der Waals surface area contributed by atoms with Crippen molar-refractivity contribution in [3.05, 3.63) is 82.7 Å². The fourth-order valence-electron chi connectivity index (χ4n) is 3.95. The monoisotopic (exact) mass is 434 g/mol. The summed E-state index contributed by atoms with van der Waals surface area (Å²) in [5.41, 5.74) is 4.26. The van der Waals surface area contributed by atoms with Gasteiger partial charge in [-0.3, -0.25) is 4.79 Å². The van der Waals surface area contributed by atoms with Crippen LogP contribution in [0.5, 0.6) is 5.75 Å². The average molecular weight is 435 g/mol. The van der Waals surface area contributed by atoms with Crippen molar-refractivity contribution in [2.75, 3.05) is 6.54 Å². The van der Waals surface area contributed by atoms with Crippen LogP contribution in [0.2, 0.25) is 0 Å². The summed E-state index contributed by atoms with van der Waals surface area (Å²) in [6, 6.07) is 18.3. The molecule has 6 heteroatoms. The smallest absolute Gasteiger partial charge is 0.230 e. The van der Waals surface area contributed by atoms with Gasteiger partial charge in [0, 0.05) is 18.7 Å². The number of ether oxygens (including phenoxy) is 2. The molecule has 4 rings (SSSR count). The molecule has 1 unspecified atom stereocenters. The zero-order valence-corrected chi connectivity index (χ0v) is 18.9. The van der Waals surface area contributed by atoms with E-state index in [1.165, 1.54) is 5.56 Å². The molecule has 2 atom stereocenters. The second kappa shape index (κ2) is 10.0. The van der Waals surface area contributed by atoms with Crippen molar-refractivity contribution >= 4 is 5.91 Å². The highest BCUT2D eigenvalue weighted by atomic mass is 16.5. The van der Waals surface area contributed by atoms with Gasteiger partial charge in [-0.05, 0) is 50.5 Å². The van der Waals surface area contributed by atoms with Gasteiger partial charge in [-0.15, -0.1) is 0 Å². The molecular formula is C26H30N2O4. The minimum absolute atomic E-state index is 0.0304. The molecule has 1 aromatic heterocycles. The van der Waals surface area contributed by atoms with Crippen LogP contribution in [0, 0.1) is 13.8 Å². The second-order valence-electron chi connectivity index (χ2n) is 8.59. The lowest BCUT2D eigenvalue weighted by Crippen LogP contribution is -2.35. The summed E-state index contributed by atoms with van der Waals surface area (Å²) in [5, 5.41) is 3.85. The SMILES string of the molecule is Cc1ccc(COc2ccc(CO[C@@H]3CC(C)N(C(=O)Cc4cc(C)no4)C3)cc2)cc1. The third-order valence-corrected chi connectivity index (χ3v) is 5.79. The maximum atomic E-state index is 12.6. The predicted octanol–water partition coefficient (Wildman–Crippen LogP) is 4.62. The van der Waals surface area contributed by atoms with Gasteiger partial charge < -0.3 is 18.9 Å². The summed E-state index contributed by atoms with van der Waals surface area (Å²) in [7, 11) is 0. The van der Waals surface area contributed by atoms with Gasteiger partial charge in [0.25, 0.3) is 0 Å². The van der Waals surface area contributed by atoms with Crippen molar-refractivity contribution in [1.82, 2.24) is 10.1 Å². The number of carbonyl (C=O) groups is 1. The topological polar surface area (TPSA) is 64.8 Å². The molecule has 0 saturated carbocycles. The highest BCUT2D eigenvalue weighted by Gasteiger charge is 2.33. The Balaban J connectivity index is 1.23. The molecule has 32 heavy (non-hydrogen) atoms. The summed E-state index contributed by atoms with van der Waals surface area (Å²) in [6.45, 7) is 7.65. The molecule has 2 heterocycles.